The number of nitrogens with zero attached hydrogens (tertiary/aromatic N) is 4. The lowest BCUT2D eigenvalue weighted by Gasteiger charge is -2.13. The minimum Gasteiger partial charge on any atom is -0.493 e. The maximum atomic E-state index is 5.91. The van der Waals surface area contributed by atoms with Crippen LogP contribution in [0.1, 0.15) is 42.3 Å². The predicted molar refractivity (Wildman–Crippen MR) is 87.6 cm³/mol. The highest BCUT2D eigenvalue weighted by Crippen LogP contribution is 2.26. The van der Waals surface area contributed by atoms with Gasteiger partial charge in [-0.3, -0.25) is 0 Å². The first-order chi connectivity index (χ1) is 11.6. The SMILES string of the molecule is Cc1cccc(C)c1OCCCCC1OCC(c2nnn(C)n2)O1. The van der Waals surface area contributed by atoms with Gasteiger partial charge < -0.3 is 14.2 Å². The number of aryl methyl sites for hydroxylation is 3. The van der Waals surface area contributed by atoms with Gasteiger partial charge >= 0.3 is 0 Å². The van der Waals surface area contributed by atoms with Crippen LogP contribution in [0.15, 0.2) is 18.2 Å². The molecule has 0 amide bonds. The number of hydrogen-bond donors (Lipinski definition) is 0. The summed E-state index contributed by atoms with van der Waals surface area (Å²) in [7, 11) is 1.74. The van der Waals surface area contributed by atoms with Crippen LogP contribution >= 0.6 is 0 Å². The summed E-state index contributed by atoms with van der Waals surface area (Å²) in [4.78, 5) is 1.43. The molecule has 2 unspecified atom stereocenters. The summed E-state index contributed by atoms with van der Waals surface area (Å²) < 4.78 is 17.4. The van der Waals surface area contributed by atoms with Crippen molar-refractivity contribution in [3.63, 3.8) is 0 Å². The quantitative estimate of drug-likeness (QED) is 0.726. The maximum Gasteiger partial charge on any atom is 0.205 e. The molecule has 7 nitrogen and oxygen atoms in total. The molecule has 1 aliphatic heterocycles. The van der Waals surface area contributed by atoms with E-state index >= 15 is 0 Å². The fourth-order valence-corrected chi connectivity index (χ4v) is 2.79. The molecule has 0 radical (unpaired) electrons. The van der Waals surface area contributed by atoms with Crippen LogP contribution in [0.5, 0.6) is 5.75 Å². The first kappa shape index (κ1) is 16.9. The standard InChI is InChI=1S/C17H24N4O3/c1-12-7-6-8-13(2)16(12)22-10-5-4-9-15-23-11-14(24-15)17-18-20-21(3)19-17/h6-8,14-15H,4-5,9-11H2,1-3H3. The Balaban J connectivity index is 1.36. The van der Waals surface area contributed by atoms with E-state index in [0.717, 1.165) is 25.0 Å². The molecule has 1 saturated heterocycles. The number of tetrazole rings is 1. The lowest BCUT2D eigenvalue weighted by atomic mass is 10.1. The maximum absolute atomic E-state index is 5.91. The van der Waals surface area contributed by atoms with E-state index in [2.05, 4.69) is 47.5 Å². The minimum absolute atomic E-state index is 0.195. The van der Waals surface area contributed by atoms with E-state index in [1.54, 1.807) is 7.05 Å². The fraction of sp³-hybridized carbons (Fsp3) is 0.588. The monoisotopic (exact) mass is 332 g/mol. The van der Waals surface area contributed by atoms with Crippen molar-refractivity contribution < 1.29 is 14.2 Å². The summed E-state index contributed by atoms with van der Waals surface area (Å²) in [6.07, 6.45) is 2.38. The molecule has 0 saturated carbocycles. The third-order valence-electron chi connectivity index (χ3n) is 4.05. The number of benzene rings is 1. The topological polar surface area (TPSA) is 71.3 Å². The van der Waals surface area contributed by atoms with Crippen molar-refractivity contribution in [1.82, 2.24) is 20.2 Å². The third-order valence-corrected chi connectivity index (χ3v) is 4.05. The summed E-state index contributed by atoms with van der Waals surface area (Å²) in [5.74, 6) is 1.58. The van der Waals surface area contributed by atoms with Crippen molar-refractivity contribution in [2.45, 2.75) is 45.5 Å². The van der Waals surface area contributed by atoms with Crippen LogP contribution in [0, 0.1) is 13.8 Å². The summed E-state index contributed by atoms with van der Waals surface area (Å²) >= 11 is 0. The van der Waals surface area contributed by atoms with Gasteiger partial charge in [0.2, 0.25) is 5.82 Å². The molecule has 1 fully saturated rings. The second-order valence-corrected chi connectivity index (χ2v) is 6.09. The van der Waals surface area contributed by atoms with Gasteiger partial charge in [0.05, 0.1) is 20.3 Å². The molecular formula is C17H24N4O3. The molecule has 1 aliphatic rings. The fourth-order valence-electron chi connectivity index (χ4n) is 2.79. The molecule has 1 aromatic carbocycles. The Hall–Kier alpha value is -1.99. The Morgan fingerprint density at radius 2 is 2.04 bits per heavy atom. The van der Waals surface area contributed by atoms with Gasteiger partial charge in [0.25, 0.3) is 0 Å². The normalized spacial score (nSPS) is 20.5. The zero-order valence-corrected chi connectivity index (χ0v) is 14.4. The van der Waals surface area contributed by atoms with Gasteiger partial charge in [0.15, 0.2) is 6.29 Å². The van der Waals surface area contributed by atoms with Gasteiger partial charge in [-0.2, -0.15) is 4.80 Å². The van der Waals surface area contributed by atoms with Crippen LogP contribution < -0.4 is 4.74 Å². The van der Waals surface area contributed by atoms with Crippen molar-refractivity contribution in [2.75, 3.05) is 13.2 Å². The molecule has 130 valence electrons. The molecule has 24 heavy (non-hydrogen) atoms. The molecule has 0 spiro atoms. The van der Waals surface area contributed by atoms with Crippen LogP contribution in [0.4, 0.5) is 0 Å². The van der Waals surface area contributed by atoms with Crippen LogP contribution in [-0.4, -0.2) is 39.7 Å². The Kier molecular flexibility index (Phi) is 5.42. The largest absolute Gasteiger partial charge is 0.493 e. The van der Waals surface area contributed by atoms with E-state index in [0.29, 0.717) is 19.0 Å². The average Bonchev–Trinajstić information content (AvgIpc) is 3.18. The van der Waals surface area contributed by atoms with Crippen LogP contribution in [0.2, 0.25) is 0 Å². The van der Waals surface area contributed by atoms with E-state index in [9.17, 15) is 0 Å². The molecule has 2 heterocycles. The zero-order valence-electron chi connectivity index (χ0n) is 14.4. The second-order valence-electron chi connectivity index (χ2n) is 6.09. The van der Waals surface area contributed by atoms with E-state index in [4.69, 9.17) is 14.2 Å². The highest BCUT2D eigenvalue weighted by Gasteiger charge is 2.30. The molecule has 1 aromatic heterocycles. The van der Waals surface area contributed by atoms with Gasteiger partial charge in [0.1, 0.15) is 11.9 Å². The first-order valence-corrected chi connectivity index (χ1v) is 8.33. The second kappa shape index (κ2) is 7.72. The van der Waals surface area contributed by atoms with Gasteiger partial charge in [0, 0.05) is 0 Å². The van der Waals surface area contributed by atoms with Crippen LogP contribution in [0.3, 0.4) is 0 Å². The summed E-state index contributed by atoms with van der Waals surface area (Å²) in [5, 5.41) is 11.9. The minimum atomic E-state index is -0.213. The average molecular weight is 332 g/mol. The Morgan fingerprint density at radius 1 is 1.25 bits per heavy atom. The van der Waals surface area contributed by atoms with E-state index < -0.39 is 0 Å². The highest BCUT2D eigenvalue weighted by molar-refractivity contribution is 5.39. The molecule has 0 bridgehead atoms. The lowest BCUT2D eigenvalue weighted by Crippen LogP contribution is -2.10. The van der Waals surface area contributed by atoms with Crippen molar-refractivity contribution in [2.24, 2.45) is 7.05 Å². The van der Waals surface area contributed by atoms with E-state index in [1.165, 1.54) is 15.9 Å². The van der Waals surface area contributed by atoms with Gasteiger partial charge in [-0.25, -0.2) is 0 Å². The van der Waals surface area contributed by atoms with E-state index in [-0.39, 0.29) is 12.4 Å². The smallest absolute Gasteiger partial charge is 0.205 e. The van der Waals surface area contributed by atoms with Crippen LogP contribution in [-0.2, 0) is 16.5 Å². The van der Waals surface area contributed by atoms with Gasteiger partial charge in [-0.05, 0) is 49.5 Å². The molecule has 0 N–H and O–H groups in total. The summed E-state index contributed by atoms with van der Waals surface area (Å²) in [6.45, 7) is 5.33. The number of unbranched alkanes of at least 4 members (excludes halogenated alkanes) is 1. The Morgan fingerprint density at radius 3 is 2.75 bits per heavy atom. The number of para-hydroxylation sites is 1. The molecule has 2 aromatic rings. The van der Waals surface area contributed by atoms with Gasteiger partial charge in [-0.1, -0.05) is 18.2 Å². The van der Waals surface area contributed by atoms with Crippen LogP contribution in [0.25, 0.3) is 0 Å². The number of hydrogen-bond acceptors (Lipinski definition) is 6. The Bertz CT molecular complexity index is 653. The number of aromatic nitrogens is 4. The molecular weight excluding hydrogens is 308 g/mol. The summed E-state index contributed by atoms with van der Waals surface area (Å²) in [5.41, 5.74) is 2.36. The van der Waals surface area contributed by atoms with Gasteiger partial charge in [-0.15, -0.1) is 10.2 Å². The third kappa shape index (κ3) is 4.10. The molecule has 3 rings (SSSR count). The lowest BCUT2D eigenvalue weighted by molar-refractivity contribution is -0.0652. The molecule has 0 aliphatic carbocycles. The zero-order chi connectivity index (χ0) is 16.9. The first-order valence-electron chi connectivity index (χ1n) is 8.33. The Labute approximate surface area is 141 Å². The van der Waals surface area contributed by atoms with Crippen molar-refractivity contribution in [3.05, 3.63) is 35.2 Å². The highest BCUT2D eigenvalue weighted by atomic mass is 16.7. The van der Waals surface area contributed by atoms with Crippen molar-refractivity contribution in [1.29, 1.82) is 0 Å². The molecule has 2 atom stereocenters. The van der Waals surface area contributed by atoms with E-state index in [1.807, 2.05) is 0 Å². The van der Waals surface area contributed by atoms with Crippen molar-refractivity contribution >= 4 is 0 Å². The summed E-state index contributed by atoms with van der Waals surface area (Å²) in [6, 6.07) is 6.20. The number of ether oxygens (including phenoxy) is 3. The molecule has 7 heteroatoms. The number of rotatable bonds is 7. The van der Waals surface area contributed by atoms with Crippen molar-refractivity contribution in [3.8, 4) is 5.75 Å². The predicted octanol–water partition coefficient (Wildman–Crippen LogP) is 2.49.